The Kier molecular flexibility index (Phi) is 2.78. The van der Waals surface area contributed by atoms with Crippen LogP contribution in [0.15, 0.2) is 0 Å². The van der Waals surface area contributed by atoms with E-state index in [0.29, 0.717) is 13.0 Å². The predicted octanol–water partition coefficient (Wildman–Crippen LogP) is -1.63. The van der Waals surface area contributed by atoms with Crippen LogP contribution in [-0.2, 0) is 9.59 Å². The molecule has 5 heteroatoms. The number of aliphatic hydroxyl groups is 1. The van der Waals surface area contributed by atoms with E-state index in [0.717, 1.165) is 0 Å². The third-order valence-electron chi connectivity index (χ3n) is 1.72. The highest BCUT2D eigenvalue weighted by atomic mass is 16.3. The van der Waals surface area contributed by atoms with Crippen LogP contribution in [0.3, 0.4) is 0 Å². The van der Waals surface area contributed by atoms with E-state index >= 15 is 0 Å². The molecule has 2 atom stereocenters. The van der Waals surface area contributed by atoms with Gasteiger partial charge in [0, 0.05) is 13.5 Å². The molecule has 0 unspecified atom stereocenters. The Morgan fingerprint density at radius 3 is 2.67 bits per heavy atom. The number of β-amino-alcohol motifs (C(OH)–C–C–N with tert-alkyl or cyclic N) is 1. The topological polar surface area (TPSA) is 78.4 Å². The van der Waals surface area contributed by atoms with Crippen molar-refractivity contribution in [1.29, 1.82) is 0 Å². The average Bonchev–Trinajstić information content (AvgIpc) is 2.34. The van der Waals surface area contributed by atoms with E-state index in [1.807, 2.05) is 0 Å². The fraction of sp³-hybridized carbons (Fsp3) is 0.714. The summed E-state index contributed by atoms with van der Waals surface area (Å²) >= 11 is 0. The van der Waals surface area contributed by atoms with Gasteiger partial charge in [0.25, 0.3) is 0 Å². The number of hydrogen-bond donors (Lipinski definition) is 3. The fourth-order valence-corrected chi connectivity index (χ4v) is 1.18. The lowest BCUT2D eigenvalue weighted by molar-refractivity contribution is -0.130. The van der Waals surface area contributed by atoms with Gasteiger partial charge in [-0.2, -0.15) is 0 Å². The maximum Gasteiger partial charge on any atom is 0.243 e. The molecular weight excluding hydrogens is 160 g/mol. The van der Waals surface area contributed by atoms with Crippen LogP contribution in [0.25, 0.3) is 0 Å². The maximum atomic E-state index is 11.1. The van der Waals surface area contributed by atoms with Crippen molar-refractivity contribution in [2.24, 2.45) is 0 Å². The Labute approximate surface area is 70.1 Å². The van der Waals surface area contributed by atoms with Crippen molar-refractivity contribution < 1.29 is 14.7 Å². The number of imide groups is 1. The molecule has 0 bridgehead atoms. The molecule has 1 fully saturated rings. The molecule has 0 radical (unpaired) electrons. The summed E-state index contributed by atoms with van der Waals surface area (Å²) in [6.45, 7) is 1.69. The molecule has 0 aliphatic carbocycles. The molecule has 0 spiro atoms. The smallest absolute Gasteiger partial charge is 0.243 e. The van der Waals surface area contributed by atoms with Gasteiger partial charge < -0.3 is 10.4 Å². The lowest BCUT2D eigenvalue weighted by atomic mass is 10.2. The molecule has 0 aromatic rings. The summed E-state index contributed by atoms with van der Waals surface area (Å²) in [7, 11) is 0. The van der Waals surface area contributed by atoms with Crippen LogP contribution in [0.4, 0.5) is 0 Å². The number of nitrogens with one attached hydrogen (secondary N) is 2. The quantitative estimate of drug-likeness (QED) is 0.444. The zero-order valence-corrected chi connectivity index (χ0v) is 6.83. The van der Waals surface area contributed by atoms with Crippen LogP contribution in [0, 0.1) is 0 Å². The fourth-order valence-electron chi connectivity index (χ4n) is 1.18. The van der Waals surface area contributed by atoms with Gasteiger partial charge in [-0.15, -0.1) is 0 Å². The summed E-state index contributed by atoms with van der Waals surface area (Å²) in [6.07, 6.45) is -0.105. The van der Waals surface area contributed by atoms with Gasteiger partial charge in [-0.05, 0) is 6.42 Å². The Bertz CT molecular complexity index is 205. The van der Waals surface area contributed by atoms with Crippen LogP contribution in [0.2, 0.25) is 0 Å². The Balaban J connectivity index is 2.38. The molecule has 1 rings (SSSR count). The van der Waals surface area contributed by atoms with Crippen molar-refractivity contribution in [3.8, 4) is 0 Å². The number of carbonyl (C=O) groups excluding carboxylic acids is 2. The molecule has 1 aliphatic rings. The summed E-state index contributed by atoms with van der Waals surface area (Å²) in [5.74, 6) is -0.734. The van der Waals surface area contributed by atoms with E-state index in [2.05, 4.69) is 10.6 Å². The second-order valence-corrected chi connectivity index (χ2v) is 2.90. The van der Waals surface area contributed by atoms with Gasteiger partial charge in [0.1, 0.15) is 0 Å². The first-order chi connectivity index (χ1) is 5.59. The molecule has 0 aromatic carbocycles. The minimum atomic E-state index is -0.479. The number of aliphatic hydroxyl groups excluding tert-OH is 1. The Hall–Kier alpha value is -0.940. The third kappa shape index (κ3) is 2.28. The number of hydrogen-bond acceptors (Lipinski definition) is 4. The van der Waals surface area contributed by atoms with E-state index < -0.39 is 12.1 Å². The zero-order valence-electron chi connectivity index (χ0n) is 6.83. The highest BCUT2D eigenvalue weighted by molar-refractivity contribution is 5.96. The maximum absolute atomic E-state index is 11.1. The Morgan fingerprint density at radius 2 is 2.25 bits per heavy atom. The first-order valence-electron chi connectivity index (χ1n) is 3.82. The van der Waals surface area contributed by atoms with Gasteiger partial charge in [0.2, 0.25) is 11.8 Å². The molecule has 12 heavy (non-hydrogen) atoms. The lowest BCUT2D eigenvalue weighted by Gasteiger charge is -2.07. The molecule has 0 saturated carbocycles. The Morgan fingerprint density at radius 1 is 1.58 bits per heavy atom. The molecule has 5 nitrogen and oxygen atoms in total. The molecule has 68 valence electrons. The van der Waals surface area contributed by atoms with Gasteiger partial charge in [-0.1, -0.05) is 0 Å². The summed E-state index contributed by atoms with van der Waals surface area (Å²) in [5.41, 5.74) is 0. The third-order valence-corrected chi connectivity index (χ3v) is 1.72. The largest absolute Gasteiger partial charge is 0.392 e. The van der Waals surface area contributed by atoms with Crippen molar-refractivity contribution in [1.82, 2.24) is 10.6 Å². The van der Waals surface area contributed by atoms with Gasteiger partial charge in [0.15, 0.2) is 0 Å². The second-order valence-electron chi connectivity index (χ2n) is 2.90. The monoisotopic (exact) mass is 172 g/mol. The molecule has 0 aromatic heterocycles. The SMILES string of the molecule is CC(=O)NC(=O)[C@@H]1C[C@@H](O)CN1. The first kappa shape index (κ1) is 9.15. The summed E-state index contributed by atoms with van der Waals surface area (Å²) < 4.78 is 0. The molecule has 3 N–H and O–H groups in total. The standard InChI is InChI=1S/C7H12N2O3/c1-4(10)9-7(12)6-2-5(11)3-8-6/h5-6,8,11H,2-3H2,1H3,(H,9,10,12)/t5-,6+/m1/s1. The average molecular weight is 172 g/mol. The normalized spacial score (nSPS) is 28.5. The molecule has 2 amide bonds. The molecule has 1 heterocycles. The molecular formula is C7H12N2O3. The van der Waals surface area contributed by atoms with Crippen molar-refractivity contribution in [3.05, 3.63) is 0 Å². The van der Waals surface area contributed by atoms with Crippen molar-refractivity contribution in [2.75, 3.05) is 6.54 Å². The van der Waals surface area contributed by atoms with Crippen molar-refractivity contribution >= 4 is 11.8 Å². The highest BCUT2D eigenvalue weighted by Crippen LogP contribution is 2.05. The zero-order chi connectivity index (χ0) is 9.14. The number of amides is 2. The minimum absolute atomic E-state index is 0.362. The van der Waals surface area contributed by atoms with Crippen LogP contribution in [0.1, 0.15) is 13.3 Å². The molecule has 1 saturated heterocycles. The van der Waals surface area contributed by atoms with E-state index in [4.69, 9.17) is 5.11 Å². The lowest BCUT2D eigenvalue weighted by Crippen LogP contribution is -2.42. The summed E-state index contributed by atoms with van der Waals surface area (Å²) in [6, 6.07) is -0.427. The van der Waals surface area contributed by atoms with Gasteiger partial charge in [0.05, 0.1) is 12.1 Å². The van der Waals surface area contributed by atoms with Gasteiger partial charge in [-0.25, -0.2) is 0 Å². The summed E-state index contributed by atoms with van der Waals surface area (Å²) in [4.78, 5) is 21.6. The van der Waals surface area contributed by atoms with Crippen molar-refractivity contribution in [3.63, 3.8) is 0 Å². The molecule has 1 aliphatic heterocycles. The number of rotatable bonds is 1. The van der Waals surface area contributed by atoms with E-state index in [-0.39, 0.29) is 11.8 Å². The van der Waals surface area contributed by atoms with Crippen LogP contribution in [0.5, 0.6) is 0 Å². The first-order valence-corrected chi connectivity index (χ1v) is 3.82. The van der Waals surface area contributed by atoms with Crippen LogP contribution >= 0.6 is 0 Å². The van der Waals surface area contributed by atoms with E-state index in [1.54, 1.807) is 0 Å². The van der Waals surface area contributed by atoms with E-state index in [1.165, 1.54) is 6.92 Å². The minimum Gasteiger partial charge on any atom is -0.392 e. The van der Waals surface area contributed by atoms with Gasteiger partial charge >= 0.3 is 0 Å². The highest BCUT2D eigenvalue weighted by Gasteiger charge is 2.28. The number of carbonyl (C=O) groups is 2. The summed E-state index contributed by atoms with van der Waals surface area (Å²) in [5, 5.41) is 14.0. The van der Waals surface area contributed by atoms with Crippen LogP contribution in [-0.4, -0.2) is 35.6 Å². The van der Waals surface area contributed by atoms with E-state index in [9.17, 15) is 9.59 Å². The predicted molar refractivity (Wildman–Crippen MR) is 41.2 cm³/mol. The van der Waals surface area contributed by atoms with Crippen LogP contribution < -0.4 is 10.6 Å². The second kappa shape index (κ2) is 3.64. The van der Waals surface area contributed by atoms with Gasteiger partial charge in [-0.3, -0.25) is 14.9 Å². The van der Waals surface area contributed by atoms with Crippen molar-refractivity contribution in [2.45, 2.75) is 25.5 Å².